The number of likely N-dealkylation sites (tertiary alicyclic amines) is 1. The van der Waals surface area contributed by atoms with Gasteiger partial charge < -0.3 is 14.5 Å². The van der Waals surface area contributed by atoms with Crippen LogP contribution in [0.25, 0.3) is 0 Å². The van der Waals surface area contributed by atoms with E-state index < -0.39 is 0 Å². The molecule has 0 aliphatic carbocycles. The van der Waals surface area contributed by atoms with Gasteiger partial charge in [0.2, 0.25) is 5.91 Å². The van der Waals surface area contributed by atoms with Crippen LogP contribution < -0.4 is 4.74 Å². The zero-order valence-electron chi connectivity index (χ0n) is 15.8. The third-order valence-electron chi connectivity index (χ3n) is 5.52. The predicted octanol–water partition coefficient (Wildman–Crippen LogP) is 1.85. The minimum Gasteiger partial charge on any atom is -0.496 e. The summed E-state index contributed by atoms with van der Waals surface area (Å²) in [5.74, 6) is 0.788. The number of methoxy groups -OCH3 is 1. The lowest BCUT2D eigenvalue weighted by Gasteiger charge is -2.38. The number of amides is 2. The van der Waals surface area contributed by atoms with E-state index in [2.05, 4.69) is 11.9 Å². The quantitative estimate of drug-likeness (QED) is 0.827. The zero-order chi connectivity index (χ0) is 18.5. The number of benzene rings is 1. The highest BCUT2D eigenvalue weighted by molar-refractivity contribution is 5.97. The van der Waals surface area contributed by atoms with Gasteiger partial charge >= 0.3 is 0 Å². The molecule has 1 aromatic carbocycles. The van der Waals surface area contributed by atoms with Crippen LogP contribution in [0.15, 0.2) is 24.3 Å². The maximum Gasteiger partial charge on any atom is 0.257 e. The molecular weight excluding hydrogens is 330 g/mol. The Bertz CT molecular complexity index is 641. The van der Waals surface area contributed by atoms with Crippen molar-refractivity contribution in [3.8, 4) is 5.75 Å². The van der Waals surface area contributed by atoms with Crippen LogP contribution in [0, 0.1) is 0 Å². The van der Waals surface area contributed by atoms with Gasteiger partial charge in [0.05, 0.1) is 18.7 Å². The molecule has 142 valence electrons. The van der Waals surface area contributed by atoms with E-state index >= 15 is 0 Å². The molecule has 6 heteroatoms. The Labute approximate surface area is 155 Å². The van der Waals surface area contributed by atoms with Gasteiger partial charge in [0.25, 0.3) is 5.91 Å². The largest absolute Gasteiger partial charge is 0.496 e. The van der Waals surface area contributed by atoms with Gasteiger partial charge in [0.1, 0.15) is 5.75 Å². The van der Waals surface area contributed by atoms with E-state index in [1.165, 1.54) is 12.8 Å². The predicted molar refractivity (Wildman–Crippen MR) is 100 cm³/mol. The van der Waals surface area contributed by atoms with Gasteiger partial charge in [-0.1, -0.05) is 25.0 Å². The Kier molecular flexibility index (Phi) is 6.14. The molecule has 6 nitrogen and oxygen atoms in total. The van der Waals surface area contributed by atoms with Crippen molar-refractivity contribution in [3.63, 3.8) is 0 Å². The third-order valence-corrected chi connectivity index (χ3v) is 5.52. The summed E-state index contributed by atoms with van der Waals surface area (Å²) in [5, 5.41) is 0. The van der Waals surface area contributed by atoms with E-state index in [9.17, 15) is 9.59 Å². The zero-order valence-corrected chi connectivity index (χ0v) is 15.8. The molecule has 3 rings (SSSR count). The molecule has 2 aliphatic rings. The van der Waals surface area contributed by atoms with E-state index in [0.717, 1.165) is 19.4 Å². The van der Waals surface area contributed by atoms with Crippen LogP contribution in [-0.4, -0.2) is 79.4 Å². The number of rotatable bonds is 3. The molecule has 0 bridgehead atoms. The highest BCUT2D eigenvalue weighted by Crippen LogP contribution is 2.21. The number of ether oxygens (including phenoxy) is 1. The normalized spacial score (nSPS) is 22.0. The molecule has 2 aliphatic heterocycles. The summed E-state index contributed by atoms with van der Waals surface area (Å²) >= 11 is 0. The van der Waals surface area contributed by atoms with Crippen LogP contribution in [0.2, 0.25) is 0 Å². The van der Waals surface area contributed by atoms with Crippen LogP contribution in [0.1, 0.15) is 36.0 Å². The number of hydrogen-bond donors (Lipinski definition) is 0. The number of hydrogen-bond acceptors (Lipinski definition) is 4. The first kappa shape index (κ1) is 18.7. The standard InChI is InChI=1S/C20H29N3O3/c1-21-11-7-3-4-9-17(21)20(25)23-14-12-22(13-15-23)19(24)16-8-5-6-10-18(16)26-2/h5-6,8,10,17H,3-4,7,9,11-15H2,1-2H3/t17-/m0/s1. The Morgan fingerprint density at radius 3 is 2.38 bits per heavy atom. The highest BCUT2D eigenvalue weighted by Gasteiger charge is 2.32. The lowest BCUT2D eigenvalue weighted by molar-refractivity contribution is -0.138. The summed E-state index contributed by atoms with van der Waals surface area (Å²) in [4.78, 5) is 31.7. The number of para-hydroxylation sites is 1. The summed E-state index contributed by atoms with van der Waals surface area (Å²) in [6.45, 7) is 3.33. The average Bonchev–Trinajstić information content (AvgIpc) is 2.91. The first-order valence-corrected chi connectivity index (χ1v) is 9.53. The smallest absolute Gasteiger partial charge is 0.257 e. The van der Waals surface area contributed by atoms with E-state index in [0.29, 0.717) is 37.5 Å². The van der Waals surface area contributed by atoms with E-state index in [1.54, 1.807) is 19.2 Å². The van der Waals surface area contributed by atoms with Gasteiger partial charge in [-0.3, -0.25) is 14.5 Å². The maximum atomic E-state index is 12.9. The molecule has 2 fully saturated rings. The SMILES string of the molecule is COc1ccccc1C(=O)N1CCN(C(=O)[C@@H]2CCCCCN2C)CC1. The van der Waals surface area contributed by atoms with Crippen molar-refractivity contribution >= 4 is 11.8 Å². The summed E-state index contributed by atoms with van der Waals surface area (Å²) < 4.78 is 5.30. The average molecular weight is 359 g/mol. The molecule has 1 atom stereocenters. The van der Waals surface area contributed by atoms with Crippen LogP contribution in [0.5, 0.6) is 5.75 Å². The van der Waals surface area contributed by atoms with Crippen molar-refractivity contribution in [2.24, 2.45) is 0 Å². The van der Waals surface area contributed by atoms with Crippen LogP contribution in [-0.2, 0) is 4.79 Å². The first-order chi connectivity index (χ1) is 12.6. The topological polar surface area (TPSA) is 53.1 Å². The van der Waals surface area contributed by atoms with Crippen molar-refractivity contribution in [3.05, 3.63) is 29.8 Å². The van der Waals surface area contributed by atoms with Crippen LogP contribution in [0.4, 0.5) is 0 Å². The fraction of sp³-hybridized carbons (Fsp3) is 0.600. The molecule has 0 unspecified atom stereocenters. The number of piperazine rings is 1. The fourth-order valence-corrected chi connectivity index (χ4v) is 3.90. The lowest BCUT2D eigenvalue weighted by atomic mass is 10.1. The molecule has 0 aromatic heterocycles. The highest BCUT2D eigenvalue weighted by atomic mass is 16.5. The fourth-order valence-electron chi connectivity index (χ4n) is 3.90. The summed E-state index contributed by atoms with van der Waals surface area (Å²) in [6.07, 6.45) is 4.43. The molecule has 2 heterocycles. The first-order valence-electron chi connectivity index (χ1n) is 9.53. The minimum absolute atomic E-state index is 0.00558. The second-order valence-electron chi connectivity index (χ2n) is 7.16. The Hall–Kier alpha value is -2.08. The number of carbonyl (C=O) groups is 2. The van der Waals surface area contributed by atoms with Gasteiger partial charge in [0, 0.05) is 26.2 Å². The van der Waals surface area contributed by atoms with Crippen molar-refractivity contribution in [2.75, 3.05) is 46.9 Å². The van der Waals surface area contributed by atoms with Crippen LogP contribution in [0.3, 0.4) is 0 Å². The van der Waals surface area contributed by atoms with Crippen LogP contribution >= 0.6 is 0 Å². The summed E-state index contributed by atoms with van der Waals surface area (Å²) in [5.41, 5.74) is 0.582. The Balaban J connectivity index is 1.60. The van der Waals surface area contributed by atoms with Crippen molar-refractivity contribution in [2.45, 2.75) is 31.7 Å². The second-order valence-corrected chi connectivity index (χ2v) is 7.16. The molecule has 26 heavy (non-hydrogen) atoms. The summed E-state index contributed by atoms with van der Waals surface area (Å²) in [7, 11) is 3.63. The van der Waals surface area contributed by atoms with E-state index in [1.807, 2.05) is 21.9 Å². The number of nitrogens with zero attached hydrogens (tertiary/aromatic N) is 3. The monoisotopic (exact) mass is 359 g/mol. The second kappa shape index (κ2) is 8.54. The molecule has 0 saturated carbocycles. The van der Waals surface area contributed by atoms with Crippen molar-refractivity contribution < 1.29 is 14.3 Å². The van der Waals surface area contributed by atoms with E-state index in [4.69, 9.17) is 4.74 Å². The number of carbonyl (C=O) groups excluding carboxylic acids is 2. The van der Waals surface area contributed by atoms with E-state index in [-0.39, 0.29) is 17.9 Å². The maximum absolute atomic E-state index is 12.9. The van der Waals surface area contributed by atoms with Gasteiger partial charge in [-0.05, 0) is 38.6 Å². The Morgan fingerprint density at radius 2 is 1.65 bits per heavy atom. The molecule has 2 saturated heterocycles. The van der Waals surface area contributed by atoms with Gasteiger partial charge in [-0.15, -0.1) is 0 Å². The molecule has 1 aromatic rings. The van der Waals surface area contributed by atoms with Crippen molar-refractivity contribution in [1.29, 1.82) is 0 Å². The van der Waals surface area contributed by atoms with Gasteiger partial charge in [-0.2, -0.15) is 0 Å². The molecule has 0 radical (unpaired) electrons. The molecule has 0 spiro atoms. The lowest BCUT2D eigenvalue weighted by Crippen LogP contribution is -2.55. The molecular formula is C20H29N3O3. The third kappa shape index (κ3) is 4.01. The summed E-state index contributed by atoms with van der Waals surface area (Å²) in [6, 6.07) is 7.29. The minimum atomic E-state index is -0.0267. The van der Waals surface area contributed by atoms with Gasteiger partial charge in [0.15, 0.2) is 0 Å². The van der Waals surface area contributed by atoms with Gasteiger partial charge in [-0.25, -0.2) is 0 Å². The molecule has 0 N–H and O–H groups in total. The van der Waals surface area contributed by atoms with Crippen molar-refractivity contribution in [1.82, 2.24) is 14.7 Å². The Morgan fingerprint density at radius 1 is 0.962 bits per heavy atom. The number of likely N-dealkylation sites (N-methyl/N-ethyl adjacent to an activating group) is 1. The molecule has 2 amide bonds.